The number of halogens is 3. The molecular weight excluding hydrogens is 271 g/mol. The number of aryl methyl sites for hydroxylation is 1. The number of nitrogens with zero attached hydrogens (tertiary/aromatic N) is 1. The molecule has 108 valence electrons. The van der Waals surface area contributed by atoms with E-state index >= 15 is 0 Å². The van der Waals surface area contributed by atoms with Gasteiger partial charge < -0.3 is 10.3 Å². The number of amides is 1. The van der Waals surface area contributed by atoms with Crippen molar-refractivity contribution in [2.75, 3.05) is 6.54 Å². The van der Waals surface area contributed by atoms with Crippen LogP contribution in [0.1, 0.15) is 18.7 Å². The molecule has 0 atom stereocenters. The van der Waals surface area contributed by atoms with Crippen LogP contribution in [0.3, 0.4) is 0 Å². The third-order valence-corrected chi connectivity index (χ3v) is 2.74. The smallest absolute Gasteiger partial charge is 0.347 e. The maximum absolute atomic E-state index is 11.9. The molecule has 0 radical (unpaired) electrons. The quantitative estimate of drug-likeness (QED) is 0.887. The van der Waals surface area contributed by atoms with Crippen LogP contribution in [0, 0.1) is 0 Å². The Kier molecular flexibility index (Phi) is 4.26. The van der Waals surface area contributed by atoms with E-state index in [1.54, 1.807) is 0 Å². The van der Waals surface area contributed by atoms with Crippen LogP contribution in [0.2, 0.25) is 0 Å². The second-order valence-corrected chi connectivity index (χ2v) is 4.45. The standard InChI is InChI=1S/C13H14F3N3O/c14-13(15,16)8-17-12(20)7-3-6-11-18-9-4-1-2-5-10(9)19-11/h1-2,4-5H,3,6-8H2,(H,17,20)(H,18,19). The lowest BCUT2D eigenvalue weighted by molar-refractivity contribution is -0.138. The van der Waals surface area contributed by atoms with Crippen molar-refractivity contribution in [1.29, 1.82) is 0 Å². The van der Waals surface area contributed by atoms with Gasteiger partial charge in [-0.1, -0.05) is 12.1 Å². The topological polar surface area (TPSA) is 57.8 Å². The van der Waals surface area contributed by atoms with Crippen molar-refractivity contribution in [1.82, 2.24) is 15.3 Å². The molecule has 4 nitrogen and oxygen atoms in total. The number of hydrogen-bond acceptors (Lipinski definition) is 2. The van der Waals surface area contributed by atoms with Gasteiger partial charge in [-0.25, -0.2) is 4.98 Å². The van der Waals surface area contributed by atoms with Crippen molar-refractivity contribution in [2.45, 2.75) is 25.4 Å². The molecule has 1 aromatic heterocycles. The number of alkyl halides is 3. The normalized spacial score (nSPS) is 11.8. The van der Waals surface area contributed by atoms with Crippen LogP contribution >= 0.6 is 0 Å². The highest BCUT2D eigenvalue weighted by molar-refractivity contribution is 5.76. The molecule has 0 spiro atoms. The Bertz CT molecular complexity index is 559. The molecule has 1 aromatic carbocycles. The number of para-hydroxylation sites is 2. The van der Waals surface area contributed by atoms with Gasteiger partial charge in [-0.15, -0.1) is 0 Å². The van der Waals surface area contributed by atoms with Crippen LogP contribution in [-0.4, -0.2) is 28.6 Å². The van der Waals surface area contributed by atoms with E-state index in [9.17, 15) is 18.0 Å². The minimum Gasteiger partial charge on any atom is -0.347 e. The van der Waals surface area contributed by atoms with Gasteiger partial charge >= 0.3 is 6.18 Å². The van der Waals surface area contributed by atoms with Gasteiger partial charge in [0.1, 0.15) is 12.4 Å². The van der Waals surface area contributed by atoms with E-state index < -0.39 is 18.6 Å². The molecular formula is C13H14F3N3O. The van der Waals surface area contributed by atoms with Gasteiger partial charge in [0.2, 0.25) is 5.91 Å². The van der Waals surface area contributed by atoms with Gasteiger partial charge in [0.05, 0.1) is 11.0 Å². The molecule has 7 heteroatoms. The third-order valence-electron chi connectivity index (χ3n) is 2.74. The molecule has 1 heterocycles. The average molecular weight is 285 g/mol. The number of carbonyl (C=O) groups excluding carboxylic acids is 1. The second-order valence-electron chi connectivity index (χ2n) is 4.45. The number of rotatable bonds is 5. The Morgan fingerprint density at radius 1 is 1.30 bits per heavy atom. The van der Waals surface area contributed by atoms with Crippen LogP contribution in [0.15, 0.2) is 24.3 Å². The molecule has 0 fully saturated rings. The third kappa shape index (κ3) is 4.25. The summed E-state index contributed by atoms with van der Waals surface area (Å²) in [5.41, 5.74) is 1.74. The molecule has 0 aliphatic heterocycles. The average Bonchev–Trinajstić information content (AvgIpc) is 2.78. The second kappa shape index (κ2) is 5.94. The van der Waals surface area contributed by atoms with Gasteiger partial charge in [0.25, 0.3) is 0 Å². The number of aromatic amines is 1. The first kappa shape index (κ1) is 14.4. The number of benzene rings is 1. The Labute approximate surface area is 113 Å². The molecule has 0 aliphatic carbocycles. The zero-order valence-electron chi connectivity index (χ0n) is 10.6. The van der Waals surface area contributed by atoms with Crippen molar-refractivity contribution in [3.05, 3.63) is 30.1 Å². The predicted molar refractivity (Wildman–Crippen MR) is 68.1 cm³/mol. The van der Waals surface area contributed by atoms with Gasteiger partial charge in [0.15, 0.2) is 0 Å². The molecule has 0 bridgehead atoms. The zero-order chi connectivity index (χ0) is 14.6. The van der Waals surface area contributed by atoms with Gasteiger partial charge in [-0.05, 0) is 18.6 Å². The summed E-state index contributed by atoms with van der Waals surface area (Å²) in [4.78, 5) is 18.6. The predicted octanol–water partition coefficient (Wildman–Crippen LogP) is 2.56. The number of imidazole rings is 1. The van der Waals surface area contributed by atoms with E-state index in [4.69, 9.17) is 0 Å². The van der Waals surface area contributed by atoms with E-state index in [0.717, 1.165) is 16.9 Å². The van der Waals surface area contributed by atoms with Gasteiger partial charge in [0, 0.05) is 12.8 Å². The Hall–Kier alpha value is -2.05. The summed E-state index contributed by atoms with van der Waals surface area (Å²) in [6.07, 6.45) is -3.35. The number of H-pyrrole nitrogens is 1. The number of aromatic nitrogens is 2. The van der Waals surface area contributed by atoms with Crippen LogP contribution in [0.25, 0.3) is 11.0 Å². The molecule has 0 aliphatic rings. The van der Waals surface area contributed by atoms with E-state index in [2.05, 4.69) is 9.97 Å². The lowest BCUT2D eigenvalue weighted by atomic mass is 10.2. The molecule has 20 heavy (non-hydrogen) atoms. The first-order chi connectivity index (χ1) is 9.44. The summed E-state index contributed by atoms with van der Waals surface area (Å²) in [5.74, 6) is 0.133. The van der Waals surface area contributed by atoms with E-state index in [1.165, 1.54) is 0 Å². The van der Waals surface area contributed by atoms with Crippen molar-refractivity contribution in [3.8, 4) is 0 Å². The van der Waals surface area contributed by atoms with Crippen molar-refractivity contribution in [2.24, 2.45) is 0 Å². The van der Waals surface area contributed by atoms with Gasteiger partial charge in [-0.2, -0.15) is 13.2 Å². The fourth-order valence-corrected chi connectivity index (χ4v) is 1.83. The number of nitrogens with one attached hydrogen (secondary N) is 2. The summed E-state index contributed by atoms with van der Waals surface area (Å²) in [7, 11) is 0. The van der Waals surface area contributed by atoms with E-state index in [-0.39, 0.29) is 6.42 Å². The Morgan fingerprint density at radius 2 is 2.05 bits per heavy atom. The molecule has 2 rings (SSSR count). The summed E-state index contributed by atoms with van der Waals surface area (Å²) in [6.45, 7) is -1.28. The summed E-state index contributed by atoms with van der Waals surface area (Å²) in [6, 6.07) is 7.51. The van der Waals surface area contributed by atoms with Crippen LogP contribution in [0.5, 0.6) is 0 Å². The summed E-state index contributed by atoms with van der Waals surface area (Å²) >= 11 is 0. The van der Waals surface area contributed by atoms with Crippen molar-refractivity contribution in [3.63, 3.8) is 0 Å². The van der Waals surface area contributed by atoms with E-state index in [0.29, 0.717) is 12.8 Å². The first-order valence-electron chi connectivity index (χ1n) is 6.21. The van der Waals surface area contributed by atoms with Crippen molar-refractivity contribution < 1.29 is 18.0 Å². The van der Waals surface area contributed by atoms with Crippen LogP contribution in [-0.2, 0) is 11.2 Å². The number of fused-ring (bicyclic) bond motifs is 1. The maximum Gasteiger partial charge on any atom is 0.405 e. The molecule has 2 N–H and O–H groups in total. The largest absolute Gasteiger partial charge is 0.405 e. The number of hydrogen-bond donors (Lipinski definition) is 2. The highest BCUT2D eigenvalue weighted by Crippen LogP contribution is 2.13. The van der Waals surface area contributed by atoms with Crippen LogP contribution in [0.4, 0.5) is 13.2 Å². The highest BCUT2D eigenvalue weighted by Gasteiger charge is 2.27. The minimum atomic E-state index is -4.37. The first-order valence-corrected chi connectivity index (χ1v) is 6.21. The number of carbonyl (C=O) groups is 1. The molecule has 1 amide bonds. The monoisotopic (exact) mass is 285 g/mol. The summed E-state index contributed by atoms with van der Waals surface area (Å²) < 4.78 is 35.7. The summed E-state index contributed by atoms with van der Waals surface area (Å²) in [5, 5.41) is 1.84. The molecule has 2 aromatic rings. The SMILES string of the molecule is O=C(CCCc1nc2ccccc2[nH]1)NCC(F)(F)F. The van der Waals surface area contributed by atoms with Gasteiger partial charge in [-0.3, -0.25) is 4.79 Å². The lowest BCUT2D eigenvalue weighted by Crippen LogP contribution is -2.33. The molecule has 0 saturated carbocycles. The Balaban J connectivity index is 1.76. The fourth-order valence-electron chi connectivity index (χ4n) is 1.83. The zero-order valence-corrected chi connectivity index (χ0v) is 10.6. The Morgan fingerprint density at radius 3 is 2.75 bits per heavy atom. The lowest BCUT2D eigenvalue weighted by Gasteiger charge is -2.07. The van der Waals surface area contributed by atoms with Crippen LogP contribution < -0.4 is 5.32 Å². The minimum absolute atomic E-state index is 0.0487. The highest BCUT2D eigenvalue weighted by atomic mass is 19.4. The maximum atomic E-state index is 11.9. The van der Waals surface area contributed by atoms with Crippen molar-refractivity contribution >= 4 is 16.9 Å². The van der Waals surface area contributed by atoms with E-state index in [1.807, 2.05) is 29.6 Å². The molecule has 0 saturated heterocycles. The fraction of sp³-hybridized carbons (Fsp3) is 0.385. The molecule has 0 unspecified atom stereocenters.